The number of piperidine rings is 1. The van der Waals surface area contributed by atoms with Gasteiger partial charge in [-0.1, -0.05) is 0 Å². The standard InChI is InChI=1S/C29H34F4N2O3/c1-38-21-4-5-26-23(15-21)28(19(16-30)17-34-26)27(37)6-7-29(18-36)8-11-35(12-9-29)10-2-3-22-24(32)13-20(31)14-25(22)33/h4-5,13-15,17,27,36-37H,2-3,6-12,16,18H2,1H3/t27-/m0/s1. The van der Waals surface area contributed by atoms with Crippen molar-refractivity contribution in [3.05, 3.63) is 70.7 Å². The van der Waals surface area contributed by atoms with Gasteiger partial charge in [0.25, 0.3) is 0 Å². The first-order valence-electron chi connectivity index (χ1n) is 13.0. The number of ether oxygens (including phenoxy) is 1. The van der Waals surface area contributed by atoms with Crippen LogP contribution in [0.3, 0.4) is 0 Å². The van der Waals surface area contributed by atoms with Crippen molar-refractivity contribution in [3.8, 4) is 5.75 Å². The number of benzene rings is 2. The maximum atomic E-state index is 13.9. The summed E-state index contributed by atoms with van der Waals surface area (Å²) >= 11 is 0. The second-order valence-corrected chi connectivity index (χ2v) is 10.2. The van der Waals surface area contributed by atoms with E-state index in [1.54, 1.807) is 25.3 Å². The lowest BCUT2D eigenvalue weighted by Crippen LogP contribution is -2.42. The van der Waals surface area contributed by atoms with E-state index in [1.807, 2.05) is 0 Å². The van der Waals surface area contributed by atoms with Crippen LogP contribution in [0.5, 0.6) is 5.75 Å². The maximum absolute atomic E-state index is 13.9. The van der Waals surface area contributed by atoms with Gasteiger partial charge in [0.1, 0.15) is 29.9 Å². The van der Waals surface area contributed by atoms with Gasteiger partial charge in [0, 0.05) is 41.4 Å². The Kier molecular flexibility index (Phi) is 9.23. The van der Waals surface area contributed by atoms with Crippen molar-refractivity contribution in [3.63, 3.8) is 0 Å². The minimum atomic E-state index is -0.930. The van der Waals surface area contributed by atoms with E-state index in [0.29, 0.717) is 91.7 Å². The van der Waals surface area contributed by atoms with Gasteiger partial charge in [-0.15, -0.1) is 0 Å². The molecule has 3 aromatic rings. The number of hydrogen-bond donors (Lipinski definition) is 2. The van der Waals surface area contributed by atoms with E-state index in [2.05, 4.69) is 9.88 Å². The van der Waals surface area contributed by atoms with Crippen molar-refractivity contribution in [1.82, 2.24) is 9.88 Å². The molecule has 4 rings (SSSR count). The number of nitrogens with zero attached hydrogens (tertiary/aromatic N) is 2. The van der Waals surface area contributed by atoms with E-state index in [-0.39, 0.29) is 24.0 Å². The zero-order valence-corrected chi connectivity index (χ0v) is 21.5. The van der Waals surface area contributed by atoms with Gasteiger partial charge in [0.15, 0.2) is 0 Å². The van der Waals surface area contributed by atoms with Gasteiger partial charge < -0.3 is 19.8 Å². The molecule has 0 radical (unpaired) electrons. The van der Waals surface area contributed by atoms with Crippen molar-refractivity contribution in [1.29, 1.82) is 0 Å². The minimum Gasteiger partial charge on any atom is -0.497 e. The highest BCUT2D eigenvalue weighted by Gasteiger charge is 2.34. The third kappa shape index (κ3) is 6.27. The zero-order valence-electron chi connectivity index (χ0n) is 21.5. The molecule has 2 heterocycles. The summed E-state index contributed by atoms with van der Waals surface area (Å²) in [5, 5.41) is 22.1. The number of rotatable bonds is 11. The summed E-state index contributed by atoms with van der Waals surface area (Å²) in [6, 6.07) is 6.69. The average Bonchev–Trinajstić information content (AvgIpc) is 2.92. The monoisotopic (exact) mass is 534 g/mol. The van der Waals surface area contributed by atoms with E-state index < -0.39 is 30.2 Å². The van der Waals surface area contributed by atoms with Gasteiger partial charge in [0.05, 0.1) is 18.7 Å². The second kappa shape index (κ2) is 12.4. The highest BCUT2D eigenvalue weighted by Crippen LogP contribution is 2.40. The van der Waals surface area contributed by atoms with Crippen LogP contribution in [0.15, 0.2) is 36.5 Å². The summed E-state index contributed by atoms with van der Waals surface area (Å²) < 4.78 is 60.0. The Balaban J connectivity index is 1.35. The molecule has 0 amide bonds. The van der Waals surface area contributed by atoms with Gasteiger partial charge in [-0.3, -0.25) is 4.98 Å². The molecule has 0 unspecified atom stereocenters. The molecule has 1 saturated heterocycles. The molecular formula is C29H34F4N2O3. The summed E-state index contributed by atoms with van der Waals surface area (Å²) in [5.74, 6) is -2.07. The Hall–Kier alpha value is -2.75. The Morgan fingerprint density at radius 1 is 1.11 bits per heavy atom. The van der Waals surface area contributed by atoms with E-state index >= 15 is 0 Å². The van der Waals surface area contributed by atoms with Gasteiger partial charge in [-0.05, 0) is 87.3 Å². The lowest BCUT2D eigenvalue weighted by Gasteiger charge is -2.41. The van der Waals surface area contributed by atoms with Crippen LogP contribution in [0.4, 0.5) is 17.6 Å². The van der Waals surface area contributed by atoms with E-state index in [4.69, 9.17) is 4.74 Å². The number of pyridine rings is 1. The first-order valence-corrected chi connectivity index (χ1v) is 13.0. The van der Waals surface area contributed by atoms with Crippen LogP contribution in [-0.2, 0) is 13.1 Å². The van der Waals surface area contributed by atoms with Crippen LogP contribution in [0.25, 0.3) is 10.9 Å². The van der Waals surface area contributed by atoms with Crippen LogP contribution < -0.4 is 4.74 Å². The van der Waals surface area contributed by atoms with Gasteiger partial charge >= 0.3 is 0 Å². The Morgan fingerprint density at radius 3 is 2.45 bits per heavy atom. The lowest BCUT2D eigenvalue weighted by atomic mass is 9.74. The predicted molar refractivity (Wildman–Crippen MR) is 137 cm³/mol. The topological polar surface area (TPSA) is 65.8 Å². The molecule has 5 nitrogen and oxygen atoms in total. The molecule has 0 aliphatic carbocycles. The highest BCUT2D eigenvalue weighted by atomic mass is 19.1. The van der Waals surface area contributed by atoms with Crippen LogP contribution in [0, 0.1) is 22.9 Å². The molecule has 1 aliphatic heterocycles. The minimum absolute atomic E-state index is 0.0273. The molecule has 0 saturated carbocycles. The molecule has 0 spiro atoms. The molecule has 2 aromatic carbocycles. The molecule has 1 aliphatic rings. The number of aliphatic hydroxyl groups excluding tert-OH is 2. The number of hydrogen-bond acceptors (Lipinski definition) is 5. The first kappa shape index (κ1) is 28.3. The zero-order chi connectivity index (χ0) is 27.3. The molecule has 38 heavy (non-hydrogen) atoms. The number of halogens is 4. The molecule has 0 bridgehead atoms. The smallest absolute Gasteiger partial charge is 0.132 e. The maximum Gasteiger partial charge on any atom is 0.132 e. The third-order valence-corrected chi connectivity index (χ3v) is 7.88. The summed E-state index contributed by atoms with van der Waals surface area (Å²) in [6.45, 7) is 1.26. The highest BCUT2D eigenvalue weighted by molar-refractivity contribution is 5.85. The first-order chi connectivity index (χ1) is 18.3. The molecule has 9 heteroatoms. The molecule has 206 valence electrons. The number of aliphatic hydroxyl groups is 2. The second-order valence-electron chi connectivity index (χ2n) is 10.2. The van der Waals surface area contributed by atoms with Crippen molar-refractivity contribution < 1.29 is 32.5 Å². The summed E-state index contributed by atoms with van der Waals surface area (Å²) in [4.78, 5) is 6.49. The molecule has 1 fully saturated rings. The fraction of sp³-hybridized carbons (Fsp3) is 0.483. The van der Waals surface area contributed by atoms with Gasteiger partial charge in [0.2, 0.25) is 0 Å². The average molecular weight is 535 g/mol. The quantitative estimate of drug-likeness (QED) is 0.311. The summed E-state index contributed by atoms with van der Waals surface area (Å²) in [5.41, 5.74) is 1.00. The fourth-order valence-corrected chi connectivity index (χ4v) is 5.48. The van der Waals surface area contributed by atoms with Crippen LogP contribution in [0.2, 0.25) is 0 Å². The SMILES string of the molecule is COc1ccc2ncc(CF)c([C@@H](O)CCC3(CO)CCN(CCCc4c(F)cc(F)cc4F)CC3)c2c1. The lowest BCUT2D eigenvalue weighted by molar-refractivity contribution is 0.0233. The summed E-state index contributed by atoms with van der Waals surface area (Å²) in [7, 11) is 1.54. The van der Waals surface area contributed by atoms with Crippen molar-refractivity contribution in [2.75, 3.05) is 33.4 Å². The number of fused-ring (bicyclic) bond motifs is 1. The fourth-order valence-electron chi connectivity index (χ4n) is 5.48. The largest absolute Gasteiger partial charge is 0.497 e. The van der Waals surface area contributed by atoms with E-state index in [1.165, 1.54) is 6.20 Å². The van der Waals surface area contributed by atoms with Crippen LogP contribution >= 0.6 is 0 Å². The van der Waals surface area contributed by atoms with Crippen LogP contribution in [0.1, 0.15) is 54.9 Å². The summed E-state index contributed by atoms with van der Waals surface area (Å²) in [6.07, 6.45) is 3.55. The van der Waals surface area contributed by atoms with Crippen molar-refractivity contribution >= 4 is 10.9 Å². The van der Waals surface area contributed by atoms with Crippen LogP contribution in [-0.4, -0.2) is 53.4 Å². The molecule has 1 aromatic heterocycles. The molecule has 2 N–H and O–H groups in total. The van der Waals surface area contributed by atoms with Gasteiger partial charge in [-0.2, -0.15) is 0 Å². The molecular weight excluding hydrogens is 500 g/mol. The van der Waals surface area contributed by atoms with Crippen molar-refractivity contribution in [2.45, 2.75) is 51.3 Å². The van der Waals surface area contributed by atoms with Gasteiger partial charge in [-0.25, -0.2) is 17.6 Å². The number of aromatic nitrogens is 1. The number of methoxy groups -OCH3 is 1. The van der Waals surface area contributed by atoms with E-state index in [9.17, 15) is 27.8 Å². The van der Waals surface area contributed by atoms with Crippen molar-refractivity contribution in [2.24, 2.45) is 5.41 Å². The number of alkyl halides is 1. The molecule has 1 atom stereocenters. The Labute approximate surface area is 220 Å². The Morgan fingerprint density at radius 2 is 1.82 bits per heavy atom. The van der Waals surface area contributed by atoms with E-state index in [0.717, 1.165) is 0 Å². The number of likely N-dealkylation sites (tertiary alicyclic amines) is 1. The Bertz CT molecular complexity index is 1220. The predicted octanol–water partition coefficient (Wildman–Crippen LogP) is 5.65. The normalized spacial score (nSPS) is 16.6. The third-order valence-electron chi connectivity index (χ3n) is 7.88.